The average Bonchev–Trinajstić information content (AvgIpc) is 3.95. The number of furan rings is 1. The Morgan fingerprint density at radius 2 is 0.882 bits per heavy atom. The Morgan fingerprint density at radius 1 is 0.294 bits per heavy atom. The number of rotatable bonds is 6. The summed E-state index contributed by atoms with van der Waals surface area (Å²) in [6.07, 6.45) is 0. The molecule has 0 aliphatic rings. The molecule has 0 saturated heterocycles. The van der Waals surface area contributed by atoms with Gasteiger partial charge in [-0.1, -0.05) is 188 Å². The Bertz CT molecular complexity index is 4300. The average molecular weight is 867 g/mol. The van der Waals surface area contributed by atoms with Crippen LogP contribution in [0.4, 0.5) is 0 Å². The van der Waals surface area contributed by atoms with Crippen LogP contribution in [0.5, 0.6) is 0 Å². The lowest BCUT2D eigenvalue weighted by Gasteiger charge is -2.15. The van der Waals surface area contributed by atoms with Crippen molar-refractivity contribution in [3.8, 4) is 62.1 Å². The van der Waals surface area contributed by atoms with Crippen molar-refractivity contribution in [1.82, 2.24) is 19.5 Å². The summed E-state index contributed by atoms with van der Waals surface area (Å²) in [5.74, 6) is 1.78. The second-order valence-corrected chi connectivity index (χ2v) is 17.6. The first-order chi connectivity index (χ1) is 33.7. The molecular formula is C63H38N4O. The summed E-state index contributed by atoms with van der Waals surface area (Å²) in [4.78, 5) is 15.8. The fourth-order valence-corrected chi connectivity index (χ4v) is 10.3. The number of hydrogen-bond donors (Lipinski definition) is 0. The Labute approximate surface area is 390 Å². The smallest absolute Gasteiger partial charge is 0.164 e. The number of nitrogens with zero attached hydrogens (tertiary/aromatic N) is 4. The zero-order chi connectivity index (χ0) is 44.7. The van der Waals surface area contributed by atoms with Crippen molar-refractivity contribution in [1.29, 1.82) is 0 Å². The van der Waals surface area contributed by atoms with E-state index in [9.17, 15) is 0 Å². The van der Waals surface area contributed by atoms with Crippen LogP contribution in [0.3, 0.4) is 0 Å². The summed E-state index contributed by atoms with van der Waals surface area (Å²) in [7, 11) is 0. The minimum atomic E-state index is 0.574. The van der Waals surface area contributed by atoms with Gasteiger partial charge in [-0.05, 0) is 85.4 Å². The fraction of sp³-hybridized carbons (Fsp3) is 0. The molecule has 14 aromatic rings. The quantitative estimate of drug-likeness (QED) is 0.167. The molecule has 11 aromatic carbocycles. The molecule has 5 nitrogen and oxygen atoms in total. The lowest BCUT2D eigenvalue weighted by atomic mass is 9.98. The molecular weight excluding hydrogens is 829 g/mol. The van der Waals surface area contributed by atoms with Crippen molar-refractivity contribution >= 4 is 76.1 Å². The Balaban J connectivity index is 1.02. The van der Waals surface area contributed by atoms with Gasteiger partial charge in [0.1, 0.15) is 11.2 Å². The van der Waals surface area contributed by atoms with Gasteiger partial charge in [-0.15, -0.1) is 0 Å². The van der Waals surface area contributed by atoms with Gasteiger partial charge in [-0.3, -0.25) is 0 Å². The minimum absolute atomic E-state index is 0.574. The van der Waals surface area contributed by atoms with E-state index in [1.807, 2.05) is 18.2 Å². The first-order valence-electron chi connectivity index (χ1n) is 23.0. The Hall–Kier alpha value is -9.19. The maximum absolute atomic E-state index is 6.96. The van der Waals surface area contributed by atoms with Crippen molar-refractivity contribution in [2.24, 2.45) is 0 Å². The topological polar surface area (TPSA) is 56.7 Å². The highest BCUT2D eigenvalue weighted by molar-refractivity contribution is 6.24. The normalized spacial score (nSPS) is 11.8. The van der Waals surface area contributed by atoms with Crippen molar-refractivity contribution in [2.45, 2.75) is 0 Å². The molecule has 0 atom stereocenters. The molecule has 5 heteroatoms. The van der Waals surface area contributed by atoms with Gasteiger partial charge in [0.05, 0.1) is 16.7 Å². The number of aromatic nitrogens is 4. The van der Waals surface area contributed by atoms with Crippen molar-refractivity contribution < 1.29 is 4.42 Å². The van der Waals surface area contributed by atoms with E-state index in [0.717, 1.165) is 88.4 Å². The molecule has 0 bridgehead atoms. The summed E-state index contributed by atoms with van der Waals surface area (Å²) in [6.45, 7) is 0. The monoisotopic (exact) mass is 866 g/mol. The molecule has 0 unspecified atom stereocenters. The van der Waals surface area contributed by atoms with Crippen molar-refractivity contribution in [3.05, 3.63) is 231 Å². The largest absolute Gasteiger partial charge is 0.456 e. The van der Waals surface area contributed by atoms with E-state index in [1.54, 1.807) is 0 Å². The molecule has 0 spiro atoms. The molecule has 0 fully saturated rings. The first kappa shape index (κ1) is 38.1. The first-order valence-corrected chi connectivity index (χ1v) is 23.0. The third kappa shape index (κ3) is 6.14. The standard InChI is InChI=1S/C63H38N4O/c1-3-14-39(15-4-1)41-26-29-44(30-27-41)61-64-62(48-31-28-40-16-7-8-20-45(40)34-48)66-63(65-61)50-24-13-25-57-60(50)53-37-51(42-17-5-2-6-18-42)56(38-58(53)68-57)67-54-33-32-43-19-11-12-23-49(43)59(54)52-35-46-21-9-10-22-47(46)36-55(52)67/h1-38H. The summed E-state index contributed by atoms with van der Waals surface area (Å²) < 4.78 is 9.40. The highest BCUT2D eigenvalue weighted by Gasteiger charge is 2.23. The van der Waals surface area contributed by atoms with E-state index < -0.39 is 0 Å². The van der Waals surface area contributed by atoms with Crippen LogP contribution in [0, 0.1) is 0 Å². The molecule has 68 heavy (non-hydrogen) atoms. The summed E-state index contributed by atoms with van der Waals surface area (Å²) >= 11 is 0. The van der Waals surface area contributed by atoms with Crippen LogP contribution in [0.15, 0.2) is 235 Å². The molecule has 14 rings (SSSR count). The van der Waals surface area contributed by atoms with Gasteiger partial charge < -0.3 is 8.98 Å². The van der Waals surface area contributed by atoms with Gasteiger partial charge in [0.2, 0.25) is 0 Å². The van der Waals surface area contributed by atoms with E-state index in [0.29, 0.717) is 17.5 Å². The molecule has 3 heterocycles. The maximum atomic E-state index is 6.96. The molecule has 0 amide bonds. The van der Waals surface area contributed by atoms with E-state index in [2.05, 4.69) is 217 Å². The van der Waals surface area contributed by atoms with Gasteiger partial charge >= 0.3 is 0 Å². The lowest BCUT2D eigenvalue weighted by Crippen LogP contribution is -2.00. The van der Waals surface area contributed by atoms with Gasteiger partial charge in [-0.25, -0.2) is 15.0 Å². The van der Waals surface area contributed by atoms with Crippen LogP contribution < -0.4 is 0 Å². The van der Waals surface area contributed by atoms with Crippen LogP contribution in [-0.2, 0) is 0 Å². The summed E-state index contributed by atoms with van der Waals surface area (Å²) in [5.41, 5.74) is 12.0. The third-order valence-corrected chi connectivity index (χ3v) is 13.6. The van der Waals surface area contributed by atoms with E-state index >= 15 is 0 Å². The van der Waals surface area contributed by atoms with Crippen molar-refractivity contribution in [3.63, 3.8) is 0 Å². The summed E-state index contributed by atoms with van der Waals surface area (Å²) in [5, 5.41) is 11.5. The molecule has 0 N–H and O–H groups in total. The van der Waals surface area contributed by atoms with Gasteiger partial charge in [-0.2, -0.15) is 0 Å². The van der Waals surface area contributed by atoms with Crippen LogP contribution in [0.2, 0.25) is 0 Å². The van der Waals surface area contributed by atoms with Crippen LogP contribution in [0.25, 0.3) is 138 Å². The highest BCUT2D eigenvalue weighted by atomic mass is 16.3. The zero-order valence-corrected chi connectivity index (χ0v) is 36.6. The highest BCUT2D eigenvalue weighted by Crippen LogP contribution is 2.45. The fourth-order valence-electron chi connectivity index (χ4n) is 10.3. The second-order valence-electron chi connectivity index (χ2n) is 17.6. The molecule has 0 radical (unpaired) electrons. The van der Waals surface area contributed by atoms with Gasteiger partial charge in [0.15, 0.2) is 17.5 Å². The zero-order valence-electron chi connectivity index (χ0n) is 36.6. The molecule has 3 aromatic heterocycles. The van der Waals surface area contributed by atoms with E-state index in [1.165, 1.54) is 32.3 Å². The third-order valence-electron chi connectivity index (χ3n) is 13.6. The molecule has 0 aliphatic carbocycles. The van der Waals surface area contributed by atoms with E-state index in [4.69, 9.17) is 19.4 Å². The minimum Gasteiger partial charge on any atom is -0.456 e. The van der Waals surface area contributed by atoms with Gasteiger partial charge in [0.25, 0.3) is 0 Å². The summed E-state index contributed by atoms with van der Waals surface area (Å²) in [6, 6.07) is 81.7. The Kier molecular flexibility index (Phi) is 8.52. The molecule has 316 valence electrons. The second kappa shape index (κ2) is 15.2. The number of hydrogen-bond acceptors (Lipinski definition) is 4. The molecule has 0 aliphatic heterocycles. The predicted molar refractivity (Wildman–Crippen MR) is 281 cm³/mol. The van der Waals surface area contributed by atoms with E-state index in [-0.39, 0.29) is 0 Å². The van der Waals surface area contributed by atoms with Crippen LogP contribution in [-0.4, -0.2) is 19.5 Å². The number of fused-ring (bicyclic) bond motifs is 10. The SMILES string of the molecule is c1ccc(-c2ccc(-c3nc(-c4ccc5ccccc5c4)nc(-c4cccc5oc6cc(-n7c8cc9ccccc9cc8c8c9ccccc9ccc87)c(-c7ccccc7)cc6c45)n3)cc2)cc1. The molecule has 0 saturated carbocycles. The lowest BCUT2D eigenvalue weighted by molar-refractivity contribution is 0.668. The Morgan fingerprint density at radius 3 is 1.66 bits per heavy atom. The van der Waals surface area contributed by atoms with Gasteiger partial charge in [0, 0.05) is 49.9 Å². The van der Waals surface area contributed by atoms with Crippen LogP contribution >= 0.6 is 0 Å². The number of benzene rings is 11. The predicted octanol–water partition coefficient (Wildman–Crippen LogP) is 16.7. The van der Waals surface area contributed by atoms with Crippen LogP contribution in [0.1, 0.15) is 0 Å². The maximum Gasteiger partial charge on any atom is 0.164 e. The van der Waals surface area contributed by atoms with Crippen molar-refractivity contribution in [2.75, 3.05) is 0 Å².